The second-order valence-corrected chi connectivity index (χ2v) is 9.11. The first-order valence-electron chi connectivity index (χ1n) is 11.8. The Morgan fingerprint density at radius 2 is 1.66 bits per heavy atom. The largest absolute Gasteiger partial charge is 0.206 e. The van der Waals surface area contributed by atoms with Crippen molar-refractivity contribution in [1.29, 1.82) is 0 Å². The van der Waals surface area contributed by atoms with Crippen LogP contribution in [0.3, 0.4) is 0 Å². The van der Waals surface area contributed by atoms with Gasteiger partial charge in [-0.3, -0.25) is 0 Å². The molecule has 154 valence electrons. The van der Waals surface area contributed by atoms with Crippen LogP contribution in [0, 0.1) is 11.7 Å². The summed E-state index contributed by atoms with van der Waals surface area (Å²) in [7, 11) is 0. The van der Waals surface area contributed by atoms with Gasteiger partial charge >= 0.3 is 0 Å². The van der Waals surface area contributed by atoms with Gasteiger partial charge in [0.25, 0.3) is 0 Å². The molecule has 0 spiro atoms. The van der Waals surface area contributed by atoms with E-state index in [1.807, 2.05) is 13.0 Å². The quantitative estimate of drug-likeness (QED) is 0.465. The van der Waals surface area contributed by atoms with Crippen molar-refractivity contribution in [3.05, 3.63) is 70.0 Å². The van der Waals surface area contributed by atoms with E-state index < -0.39 is 0 Å². The number of rotatable bonds is 6. The molecule has 2 aromatic carbocycles. The van der Waals surface area contributed by atoms with Gasteiger partial charge in [0.15, 0.2) is 0 Å². The highest BCUT2D eigenvalue weighted by Crippen LogP contribution is 2.39. The Kier molecular flexibility index (Phi) is 6.53. The van der Waals surface area contributed by atoms with Crippen LogP contribution in [0.4, 0.5) is 4.39 Å². The number of hydrogen-bond acceptors (Lipinski definition) is 0. The van der Waals surface area contributed by atoms with Gasteiger partial charge in [0.2, 0.25) is 0 Å². The van der Waals surface area contributed by atoms with Crippen LogP contribution < -0.4 is 0 Å². The summed E-state index contributed by atoms with van der Waals surface area (Å²) < 4.78 is 14.6. The molecule has 2 aromatic rings. The summed E-state index contributed by atoms with van der Waals surface area (Å²) in [5.74, 6) is 1.72. The van der Waals surface area contributed by atoms with Crippen LogP contribution in [0.1, 0.15) is 98.9 Å². The summed E-state index contributed by atoms with van der Waals surface area (Å²) in [5, 5.41) is 0. The van der Waals surface area contributed by atoms with Crippen LogP contribution >= 0.6 is 0 Å². The molecule has 4 rings (SSSR count). The highest BCUT2D eigenvalue weighted by Gasteiger charge is 2.22. The zero-order valence-electron chi connectivity index (χ0n) is 18.1. The lowest BCUT2D eigenvalue weighted by molar-refractivity contribution is 0.304. The Balaban J connectivity index is 1.44. The highest BCUT2D eigenvalue weighted by atomic mass is 19.1. The molecule has 29 heavy (non-hydrogen) atoms. The van der Waals surface area contributed by atoms with Crippen LogP contribution in [0.5, 0.6) is 0 Å². The second kappa shape index (κ2) is 9.28. The number of fused-ring (bicyclic) bond motifs is 1. The minimum Gasteiger partial charge on any atom is -0.206 e. The molecule has 0 nitrogen and oxygen atoms in total. The minimum absolute atomic E-state index is 0.0187. The van der Waals surface area contributed by atoms with Crippen molar-refractivity contribution in [2.24, 2.45) is 5.92 Å². The molecule has 0 aliphatic heterocycles. The van der Waals surface area contributed by atoms with Crippen LogP contribution in [-0.4, -0.2) is 0 Å². The van der Waals surface area contributed by atoms with E-state index >= 15 is 0 Å². The zero-order chi connectivity index (χ0) is 20.2. The van der Waals surface area contributed by atoms with E-state index in [0.717, 1.165) is 47.8 Å². The summed E-state index contributed by atoms with van der Waals surface area (Å²) in [5.41, 5.74) is 6.97. The van der Waals surface area contributed by atoms with Gasteiger partial charge in [0.1, 0.15) is 5.82 Å². The highest BCUT2D eigenvalue weighted by molar-refractivity contribution is 5.84. The second-order valence-electron chi connectivity index (χ2n) is 9.11. The maximum Gasteiger partial charge on any atom is 0.130 e. The predicted molar refractivity (Wildman–Crippen MR) is 123 cm³/mol. The van der Waals surface area contributed by atoms with Gasteiger partial charge in [-0.1, -0.05) is 75.6 Å². The van der Waals surface area contributed by atoms with Gasteiger partial charge in [-0.15, -0.1) is 0 Å². The van der Waals surface area contributed by atoms with Gasteiger partial charge in [-0.2, -0.15) is 0 Å². The monoisotopic (exact) mass is 390 g/mol. The van der Waals surface area contributed by atoms with Crippen LogP contribution in [-0.2, 0) is 12.8 Å². The summed E-state index contributed by atoms with van der Waals surface area (Å²) in [6.07, 6.45) is 14.4. The van der Waals surface area contributed by atoms with E-state index in [4.69, 9.17) is 0 Å². The molecule has 0 aromatic heterocycles. The molecule has 1 saturated carbocycles. The average molecular weight is 391 g/mol. The molecule has 0 N–H and O–H groups in total. The van der Waals surface area contributed by atoms with E-state index in [0.29, 0.717) is 0 Å². The molecule has 1 heteroatoms. The first-order valence-corrected chi connectivity index (χ1v) is 11.8. The van der Waals surface area contributed by atoms with Gasteiger partial charge in [0.05, 0.1) is 0 Å². The van der Waals surface area contributed by atoms with Gasteiger partial charge in [-0.25, -0.2) is 4.39 Å². The normalized spacial score (nSPS) is 21.6. The van der Waals surface area contributed by atoms with Crippen molar-refractivity contribution in [3.8, 4) is 0 Å². The fourth-order valence-electron chi connectivity index (χ4n) is 5.34. The van der Waals surface area contributed by atoms with Crippen LogP contribution in [0.2, 0.25) is 0 Å². The maximum atomic E-state index is 14.6. The average Bonchev–Trinajstić information content (AvgIpc) is 2.78. The number of unbranched alkanes of at least 4 members (excludes halogenated alkanes) is 1. The molecule has 0 radical (unpaired) electrons. The van der Waals surface area contributed by atoms with Gasteiger partial charge < -0.3 is 0 Å². The van der Waals surface area contributed by atoms with Crippen LogP contribution in [0.15, 0.2) is 36.4 Å². The van der Waals surface area contributed by atoms with Crippen molar-refractivity contribution >= 4 is 11.6 Å². The first-order chi connectivity index (χ1) is 14.2. The molecule has 1 fully saturated rings. The fraction of sp³-hybridized carbons (Fsp3) is 0.500. The van der Waals surface area contributed by atoms with Crippen LogP contribution in [0.25, 0.3) is 11.6 Å². The van der Waals surface area contributed by atoms with Gasteiger partial charge in [-0.05, 0) is 90.2 Å². The lowest BCUT2D eigenvalue weighted by atomic mass is 9.77. The maximum absolute atomic E-state index is 14.6. The molecule has 0 unspecified atom stereocenters. The molecule has 0 atom stereocenters. The Bertz CT molecular complexity index is 851. The number of halogens is 1. The molecule has 0 bridgehead atoms. The number of benzene rings is 2. The van der Waals surface area contributed by atoms with Crippen molar-refractivity contribution in [2.45, 2.75) is 84.0 Å². The Labute approximate surface area is 176 Å². The lowest BCUT2D eigenvalue weighted by Crippen LogP contribution is -2.13. The smallest absolute Gasteiger partial charge is 0.130 e. The molecular weight excluding hydrogens is 355 g/mol. The standard InChI is InChI=1S/C28H35F/c1-3-5-6-20-7-9-22(10-8-20)23-12-14-24(15-13-23)25-17-18-27-26(19-25)16-11-21(4-2)28(27)29/h11-16,19-20,22H,3-10,17-18H2,1-2H3. The summed E-state index contributed by atoms with van der Waals surface area (Å²) in [6, 6.07) is 13.3. The molecule has 0 saturated heterocycles. The number of hydrogen-bond donors (Lipinski definition) is 0. The Morgan fingerprint density at radius 3 is 2.34 bits per heavy atom. The Morgan fingerprint density at radius 1 is 0.897 bits per heavy atom. The van der Waals surface area contributed by atoms with Crippen molar-refractivity contribution in [2.75, 3.05) is 0 Å². The van der Waals surface area contributed by atoms with E-state index in [1.54, 1.807) is 0 Å². The third kappa shape index (κ3) is 4.49. The molecule has 2 aliphatic carbocycles. The van der Waals surface area contributed by atoms with E-state index in [2.05, 4.69) is 43.3 Å². The minimum atomic E-state index is 0.0187. The molecule has 0 amide bonds. The third-order valence-corrected chi connectivity index (χ3v) is 7.28. The Hall–Kier alpha value is -1.89. The third-order valence-electron chi connectivity index (χ3n) is 7.28. The summed E-state index contributed by atoms with van der Waals surface area (Å²) in [4.78, 5) is 0. The van der Waals surface area contributed by atoms with E-state index in [-0.39, 0.29) is 5.82 Å². The zero-order valence-corrected chi connectivity index (χ0v) is 18.1. The summed E-state index contributed by atoms with van der Waals surface area (Å²) >= 11 is 0. The van der Waals surface area contributed by atoms with Crippen molar-refractivity contribution < 1.29 is 4.39 Å². The first kappa shape index (κ1) is 20.4. The van der Waals surface area contributed by atoms with E-state index in [9.17, 15) is 4.39 Å². The van der Waals surface area contributed by atoms with Gasteiger partial charge in [0, 0.05) is 0 Å². The molecule has 0 heterocycles. The lowest BCUT2D eigenvalue weighted by Gasteiger charge is -2.29. The number of allylic oxidation sites excluding steroid dienone is 1. The van der Waals surface area contributed by atoms with Crippen molar-refractivity contribution in [3.63, 3.8) is 0 Å². The predicted octanol–water partition coefficient (Wildman–Crippen LogP) is 8.34. The molecular formula is C28H35F. The topological polar surface area (TPSA) is 0 Å². The molecule has 2 aliphatic rings. The SMILES string of the molecule is CCCCC1CCC(c2ccc(C3=Cc4ccc(CC)c(F)c4CC3)cc2)CC1. The van der Waals surface area contributed by atoms with Crippen molar-refractivity contribution in [1.82, 2.24) is 0 Å². The number of aryl methyl sites for hydroxylation is 1. The fourth-order valence-corrected chi connectivity index (χ4v) is 5.34. The summed E-state index contributed by atoms with van der Waals surface area (Å²) in [6.45, 7) is 4.32. The van der Waals surface area contributed by atoms with E-state index in [1.165, 1.54) is 61.6 Å².